The highest BCUT2D eigenvalue weighted by molar-refractivity contribution is 5.77. The van der Waals surface area contributed by atoms with E-state index in [9.17, 15) is 4.79 Å². The number of nitrogens with zero attached hydrogens (tertiary/aromatic N) is 4. The van der Waals surface area contributed by atoms with Gasteiger partial charge in [0.15, 0.2) is 0 Å². The second-order valence-corrected chi connectivity index (χ2v) is 7.52. The monoisotopic (exact) mass is 387 g/mol. The van der Waals surface area contributed by atoms with Crippen LogP contribution in [0.5, 0.6) is 0 Å². The van der Waals surface area contributed by atoms with Crippen molar-refractivity contribution in [3.05, 3.63) is 65.5 Å². The zero-order valence-corrected chi connectivity index (χ0v) is 16.5. The fourth-order valence-corrected chi connectivity index (χ4v) is 3.83. The fourth-order valence-electron chi connectivity index (χ4n) is 3.83. The number of aryl methyl sites for hydroxylation is 1. The molecule has 2 heterocycles. The van der Waals surface area contributed by atoms with Gasteiger partial charge in [-0.05, 0) is 36.2 Å². The predicted molar refractivity (Wildman–Crippen MR) is 112 cm³/mol. The van der Waals surface area contributed by atoms with Gasteiger partial charge in [-0.15, -0.1) is 0 Å². The summed E-state index contributed by atoms with van der Waals surface area (Å²) in [6.07, 6.45) is 2.10. The van der Waals surface area contributed by atoms with Gasteiger partial charge in [0, 0.05) is 45.6 Å². The maximum Gasteiger partial charge on any atom is 0.223 e. The van der Waals surface area contributed by atoms with E-state index in [2.05, 4.69) is 20.9 Å². The van der Waals surface area contributed by atoms with Crippen LogP contribution in [0.1, 0.15) is 29.8 Å². The van der Waals surface area contributed by atoms with Crippen LogP contribution in [0.4, 0.5) is 0 Å². The number of H-pyrrole nitrogens is 1. The number of aromatic nitrogens is 2. The lowest BCUT2D eigenvalue weighted by atomic mass is 10.1. The van der Waals surface area contributed by atoms with Gasteiger partial charge in [0.1, 0.15) is 5.82 Å². The van der Waals surface area contributed by atoms with E-state index in [1.165, 1.54) is 5.56 Å². The summed E-state index contributed by atoms with van der Waals surface area (Å²) in [4.78, 5) is 24.9. The molecule has 29 heavy (non-hydrogen) atoms. The van der Waals surface area contributed by atoms with Crippen molar-refractivity contribution in [2.45, 2.75) is 25.8 Å². The average molecular weight is 387 g/mol. The third-order valence-corrected chi connectivity index (χ3v) is 5.44. The normalized spacial score (nSPS) is 15.2. The average Bonchev–Trinajstić information content (AvgIpc) is 3.03. The van der Waals surface area contributed by atoms with Crippen LogP contribution in [0.3, 0.4) is 0 Å². The molecule has 0 saturated carbocycles. The molecule has 1 aliphatic rings. The van der Waals surface area contributed by atoms with E-state index >= 15 is 0 Å². The third-order valence-electron chi connectivity index (χ3n) is 5.44. The van der Waals surface area contributed by atoms with E-state index in [0.29, 0.717) is 18.4 Å². The fraction of sp³-hybridized carbons (Fsp3) is 0.348. The summed E-state index contributed by atoms with van der Waals surface area (Å²) in [6.45, 7) is 4.27. The Morgan fingerprint density at radius 2 is 1.90 bits per heavy atom. The number of para-hydroxylation sites is 2. The van der Waals surface area contributed by atoms with Crippen LogP contribution in [-0.4, -0.2) is 51.9 Å². The Morgan fingerprint density at radius 3 is 2.69 bits per heavy atom. The molecule has 1 aliphatic heterocycles. The van der Waals surface area contributed by atoms with Gasteiger partial charge < -0.3 is 9.88 Å². The van der Waals surface area contributed by atoms with Crippen molar-refractivity contribution in [3.63, 3.8) is 0 Å². The van der Waals surface area contributed by atoms with Gasteiger partial charge in [0.25, 0.3) is 0 Å². The number of imidazole rings is 1. The molecular weight excluding hydrogens is 362 g/mol. The third kappa shape index (κ3) is 4.82. The number of aromatic amines is 1. The molecule has 0 bridgehead atoms. The summed E-state index contributed by atoms with van der Waals surface area (Å²) >= 11 is 0. The first-order valence-corrected chi connectivity index (χ1v) is 10.1. The van der Waals surface area contributed by atoms with Crippen molar-refractivity contribution in [1.82, 2.24) is 19.8 Å². The largest absolute Gasteiger partial charge is 0.342 e. The Hall–Kier alpha value is -3.17. The molecule has 0 aliphatic carbocycles. The van der Waals surface area contributed by atoms with Crippen molar-refractivity contribution >= 4 is 16.9 Å². The molecule has 1 fully saturated rings. The molecule has 3 aromatic rings. The highest BCUT2D eigenvalue weighted by atomic mass is 16.2. The maximum atomic E-state index is 12.7. The summed E-state index contributed by atoms with van der Waals surface area (Å²) in [5.74, 6) is 1.07. The number of nitriles is 1. The first-order valence-electron chi connectivity index (χ1n) is 10.1. The van der Waals surface area contributed by atoms with Crippen LogP contribution in [0, 0.1) is 11.3 Å². The number of amides is 1. The minimum absolute atomic E-state index is 0.200. The predicted octanol–water partition coefficient (Wildman–Crippen LogP) is 3.10. The summed E-state index contributed by atoms with van der Waals surface area (Å²) in [6, 6.07) is 17.8. The van der Waals surface area contributed by atoms with E-state index in [0.717, 1.165) is 56.0 Å². The van der Waals surface area contributed by atoms with Crippen molar-refractivity contribution in [3.8, 4) is 6.07 Å². The molecule has 6 heteroatoms. The van der Waals surface area contributed by atoms with Gasteiger partial charge in [-0.2, -0.15) is 5.26 Å². The van der Waals surface area contributed by atoms with Gasteiger partial charge in [0.05, 0.1) is 22.7 Å². The Bertz CT molecular complexity index is 985. The van der Waals surface area contributed by atoms with E-state index < -0.39 is 0 Å². The lowest BCUT2D eigenvalue weighted by Crippen LogP contribution is -2.35. The molecule has 1 amide bonds. The van der Waals surface area contributed by atoms with Gasteiger partial charge in [-0.1, -0.05) is 24.3 Å². The van der Waals surface area contributed by atoms with E-state index in [-0.39, 0.29) is 5.91 Å². The van der Waals surface area contributed by atoms with Gasteiger partial charge in [-0.25, -0.2) is 4.98 Å². The molecule has 4 rings (SSSR count). The van der Waals surface area contributed by atoms with Crippen LogP contribution < -0.4 is 0 Å². The first kappa shape index (κ1) is 19.2. The van der Waals surface area contributed by atoms with Crippen LogP contribution in [0.15, 0.2) is 48.5 Å². The highest BCUT2D eigenvalue weighted by Gasteiger charge is 2.19. The first-order chi connectivity index (χ1) is 14.2. The quantitative estimate of drug-likeness (QED) is 0.730. The van der Waals surface area contributed by atoms with Crippen LogP contribution in [-0.2, 0) is 17.8 Å². The zero-order chi connectivity index (χ0) is 20.1. The number of carbonyl (C=O) groups excluding carboxylic acids is 1. The molecular formula is C23H25N5O. The Kier molecular flexibility index (Phi) is 5.87. The number of hydrogen-bond donors (Lipinski definition) is 1. The van der Waals surface area contributed by atoms with Crippen molar-refractivity contribution in [2.24, 2.45) is 0 Å². The number of nitrogens with one attached hydrogen (secondary N) is 1. The zero-order valence-electron chi connectivity index (χ0n) is 16.5. The summed E-state index contributed by atoms with van der Waals surface area (Å²) in [7, 11) is 0. The lowest BCUT2D eigenvalue weighted by molar-refractivity contribution is -0.131. The van der Waals surface area contributed by atoms with Gasteiger partial charge in [-0.3, -0.25) is 9.69 Å². The SMILES string of the molecule is N#Cc1ccc(CN2CCCN(C(=O)CCc3nc4ccccc4[nH]3)CC2)cc1. The van der Waals surface area contributed by atoms with E-state index in [1.54, 1.807) is 0 Å². The highest BCUT2D eigenvalue weighted by Crippen LogP contribution is 2.14. The number of rotatable bonds is 5. The molecule has 1 saturated heterocycles. The Labute approximate surface area is 170 Å². The van der Waals surface area contributed by atoms with Crippen molar-refractivity contribution in [2.75, 3.05) is 26.2 Å². The summed E-state index contributed by atoms with van der Waals surface area (Å²) in [5.41, 5.74) is 3.85. The van der Waals surface area contributed by atoms with Gasteiger partial charge >= 0.3 is 0 Å². The maximum absolute atomic E-state index is 12.7. The molecule has 0 spiro atoms. The minimum atomic E-state index is 0.200. The van der Waals surface area contributed by atoms with Crippen molar-refractivity contribution < 1.29 is 4.79 Å². The molecule has 6 nitrogen and oxygen atoms in total. The smallest absolute Gasteiger partial charge is 0.223 e. The Balaban J connectivity index is 1.28. The molecule has 0 radical (unpaired) electrons. The van der Waals surface area contributed by atoms with Crippen LogP contribution in [0.25, 0.3) is 11.0 Å². The molecule has 0 unspecified atom stereocenters. The summed E-state index contributed by atoms with van der Waals surface area (Å²) < 4.78 is 0. The van der Waals surface area contributed by atoms with E-state index in [4.69, 9.17) is 5.26 Å². The second kappa shape index (κ2) is 8.89. The molecule has 148 valence electrons. The molecule has 1 N–H and O–H groups in total. The summed E-state index contributed by atoms with van der Waals surface area (Å²) in [5, 5.41) is 8.92. The molecule has 2 aromatic carbocycles. The standard InChI is InChI=1S/C23H25N5O/c24-16-18-6-8-19(9-7-18)17-27-12-3-13-28(15-14-27)23(29)11-10-22-25-20-4-1-2-5-21(20)26-22/h1-2,4-9H,3,10-15,17H2,(H,25,26). The number of hydrogen-bond acceptors (Lipinski definition) is 4. The van der Waals surface area contributed by atoms with E-state index in [1.807, 2.05) is 53.4 Å². The lowest BCUT2D eigenvalue weighted by Gasteiger charge is -2.22. The van der Waals surface area contributed by atoms with Crippen LogP contribution >= 0.6 is 0 Å². The number of benzene rings is 2. The molecule has 1 aromatic heterocycles. The molecule has 0 atom stereocenters. The van der Waals surface area contributed by atoms with Crippen molar-refractivity contribution in [1.29, 1.82) is 5.26 Å². The Morgan fingerprint density at radius 1 is 1.07 bits per heavy atom. The topological polar surface area (TPSA) is 76.0 Å². The number of fused-ring (bicyclic) bond motifs is 1. The second-order valence-electron chi connectivity index (χ2n) is 7.52. The number of carbonyl (C=O) groups is 1. The van der Waals surface area contributed by atoms with Crippen LogP contribution in [0.2, 0.25) is 0 Å². The van der Waals surface area contributed by atoms with Gasteiger partial charge in [0.2, 0.25) is 5.91 Å². The minimum Gasteiger partial charge on any atom is -0.342 e.